The molecule has 4 atom stereocenters. The zero-order valence-electron chi connectivity index (χ0n) is 19.9. The Labute approximate surface area is 216 Å². The molecule has 0 radical (unpaired) electrons. The van der Waals surface area contributed by atoms with Crippen molar-refractivity contribution in [1.82, 2.24) is 20.2 Å². The molecule has 6 rings (SSSR count). The summed E-state index contributed by atoms with van der Waals surface area (Å²) in [4.78, 5) is 4.30. The number of benzene rings is 1. The summed E-state index contributed by atoms with van der Waals surface area (Å²) in [6.45, 7) is 3.34. The second kappa shape index (κ2) is 11.4. The highest BCUT2D eigenvalue weighted by Gasteiger charge is 2.41. The van der Waals surface area contributed by atoms with Crippen molar-refractivity contribution in [3.63, 3.8) is 0 Å². The van der Waals surface area contributed by atoms with Crippen molar-refractivity contribution in [3.8, 4) is 0 Å². The molecule has 4 unspecified atom stereocenters. The number of halogens is 2. The Morgan fingerprint density at radius 2 is 1.76 bits per heavy atom. The van der Waals surface area contributed by atoms with Gasteiger partial charge in [-0.25, -0.2) is 0 Å². The van der Waals surface area contributed by atoms with Crippen LogP contribution in [0.15, 0.2) is 55.0 Å². The lowest BCUT2D eigenvalue weighted by atomic mass is 9.88. The zero-order valence-corrected chi connectivity index (χ0v) is 21.5. The fourth-order valence-corrected chi connectivity index (χ4v) is 6.89. The van der Waals surface area contributed by atoms with Crippen LogP contribution in [-0.2, 0) is 0 Å². The van der Waals surface area contributed by atoms with Gasteiger partial charge in [0.2, 0.25) is 0 Å². The molecule has 1 aromatic carbocycles. The molecular formula is C28H38Cl2N4. The zero-order chi connectivity index (χ0) is 21.3. The Kier molecular flexibility index (Phi) is 8.57. The van der Waals surface area contributed by atoms with Gasteiger partial charge in [0.05, 0.1) is 0 Å². The van der Waals surface area contributed by atoms with Crippen LogP contribution in [0.2, 0.25) is 0 Å². The van der Waals surface area contributed by atoms with E-state index in [-0.39, 0.29) is 24.8 Å². The number of piperidine rings is 1. The topological polar surface area (TPSA) is 41.9 Å². The number of nitrogens with zero attached hydrogens (tertiary/aromatic N) is 2. The molecule has 3 fully saturated rings. The molecule has 2 aromatic heterocycles. The van der Waals surface area contributed by atoms with E-state index in [1.165, 1.54) is 60.6 Å². The summed E-state index contributed by atoms with van der Waals surface area (Å²) in [7, 11) is 0. The minimum Gasteiger partial charge on any atom is -0.344 e. The summed E-state index contributed by atoms with van der Waals surface area (Å²) in [5, 5.41) is 8.78. The van der Waals surface area contributed by atoms with E-state index >= 15 is 0 Å². The van der Waals surface area contributed by atoms with Crippen LogP contribution in [0.4, 0.5) is 0 Å². The highest BCUT2D eigenvalue weighted by Crippen LogP contribution is 2.52. The Hall–Kier alpha value is -1.59. The van der Waals surface area contributed by atoms with Gasteiger partial charge in [0.25, 0.3) is 0 Å². The minimum atomic E-state index is 0. The molecule has 2 N–H and O–H groups in total. The van der Waals surface area contributed by atoms with Gasteiger partial charge in [-0.2, -0.15) is 0 Å². The maximum atomic E-state index is 4.30. The monoisotopic (exact) mass is 500 g/mol. The largest absolute Gasteiger partial charge is 0.344 e. The van der Waals surface area contributed by atoms with E-state index in [0.29, 0.717) is 18.0 Å². The molecule has 3 aromatic rings. The van der Waals surface area contributed by atoms with Crippen LogP contribution in [0.25, 0.3) is 10.9 Å². The van der Waals surface area contributed by atoms with Gasteiger partial charge in [-0.3, -0.25) is 4.98 Å². The van der Waals surface area contributed by atoms with Crippen molar-refractivity contribution in [2.45, 2.75) is 62.9 Å². The normalized spacial score (nSPS) is 25.1. The van der Waals surface area contributed by atoms with E-state index in [9.17, 15) is 0 Å². The first kappa shape index (κ1) is 25.5. The first-order chi connectivity index (χ1) is 15.9. The van der Waals surface area contributed by atoms with Crippen LogP contribution in [-0.4, -0.2) is 35.2 Å². The molecular weight excluding hydrogens is 463 g/mol. The third-order valence-corrected chi connectivity index (χ3v) is 8.52. The fraction of sp³-hybridized carbons (Fsp3) is 0.536. The van der Waals surface area contributed by atoms with Crippen LogP contribution in [0.3, 0.4) is 0 Å². The molecule has 4 nitrogen and oxygen atoms in total. The summed E-state index contributed by atoms with van der Waals surface area (Å²) in [5.74, 6) is 2.24. The van der Waals surface area contributed by atoms with Gasteiger partial charge in [0, 0.05) is 47.5 Å². The molecule has 3 heterocycles. The van der Waals surface area contributed by atoms with E-state index in [1.807, 2.05) is 12.4 Å². The molecule has 1 saturated heterocycles. The second-order valence-electron chi connectivity index (χ2n) is 10.4. The lowest BCUT2D eigenvalue weighted by Gasteiger charge is -2.25. The van der Waals surface area contributed by atoms with Gasteiger partial charge >= 0.3 is 0 Å². The lowest BCUT2D eigenvalue weighted by molar-refractivity contribution is 0.336. The van der Waals surface area contributed by atoms with E-state index in [4.69, 9.17) is 0 Å². The van der Waals surface area contributed by atoms with E-state index in [2.05, 4.69) is 62.8 Å². The number of nitrogens with one attached hydrogen (secondary N) is 2. The molecule has 1 aliphatic heterocycles. The number of hydrogen-bond acceptors (Lipinski definition) is 3. The van der Waals surface area contributed by atoms with E-state index in [1.54, 1.807) is 0 Å². The SMILES string of the molecule is Cl.Cl.c1ccc2c(c1)c(C(CCNC1CCNCC1)c1ccncc1)cn2C1CC2CCC1C2. The van der Waals surface area contributed by atoms with Gasteiger partial charge in [-0.05, 0) is 99.3 Å². The third kappa shape index (κ3) is 5.02. The van der Waals surface area contributed by atoms with Gasteiger partial charge in [0.1, 0.15) is 0 Å². The van der Waals surface area contributed by atoms with Crippen molar-refractivity contribution >= 4 is 35.7 Å². The summed E-state index contributed by atoms with van der Waals surface area (Å²) in [5.41, 5.74) is 4.33. The van der Waals surface area contributed by atoms with Crippen LogP contribution < -0.4 is 10.6 Å². The third-order valence-electron chi connectivity index (χ3n) is 8.52. The summed E-state index contributed by atoms with van der Waals surface area (Å²) in [6, 6.07) is 14.9. The molecule has 184 valence electrons. The van der Waals surface area contributed by atoms with Crippen LogP contribution >= 0.6 is 24.8 Å². The predicted molar refractivity (Wildman–Crippen MR) is 146 cm³/mol. The minimum absolute atomic E-state index is 0. The molecule has 2 bridgehead atoms. The number of hydrogen-bond donors (Lipinski definition) is 2. The molecule has 6 heteroatoms. The number of para-hydroxylation sites is 1. The number of rotatable bonds is 7. The van der Waals surface area contributed by atoms with Gasteiger partial charge < -0.3 is 15.2 Å². The van der Waals surface area contributed by atoms with Crippen molar-refractivity contribution in [2.24, 2.45) is 11.8 Å². The molecule has 3 aliphatic rings. The average molecular weight is 502 g/mol. The molecule has 0 amide bonds. The number of fused-ring (bicyclic) bond motifs is 3. The Morgan fingerprint density at radius 3 is 2.50 bits per heavy atom. The standard InChI is InChI=1S/C28H36N4.2ClH/c1-2-4-27-25(3-1)26(19-32(27)28-18-20-5-6-22(28)17-20)24(21-7-12-29-13-8-21)11-16-31-23-9-14-30-15-10-23;;/h1-4,7-8,12-13,19-20,22-24,28,30-31H,5-6,9-11,14-18H2;2*1H. The molecule has 0 spiro atoms. The number of aromatic nitrogens is 2. The summed E-state index contributed by atoms with van der Waals surface area (Å²) >= 11 is 0. The maximum absolute atomic E-state index is 4.30. The van der Waals surface area contributed by atoms with E-state index < -0.39 is 0 Å². The Bertz CT molecular complexity index is 1050. The lowest BCUT2D eigenvalue weighted by Crippen LogP contribution is -2.40. The fourth-order valence-electron chi connectivity index (χ4n) is 6.89. The van der Waals surface area contributed by atoms with Crippen LogP contribution in [0.5, 0.6) is 0 Å². The second-order valence-corrected chi connectivity index (χ2v) is 10.4. The number of pyridine rings is 1. The van der Waals surface area contributed by atoms with E-state index in [0.717, 1.165) is 37.9 Å². The molecule has 2 aliphatic carbocycles. The highest BCUT2D eigenvalue weighted by atomic mass is 35.5. The van der Waals surface area contributed by atoms with Gasteiger partial charge in [-0.15, -0.1) is 24.8 Å². The molecule has 34 heavy (non-hydrogen) atoms. The Morgan fingerprint density at radius 1 is 0.971 bits per heavy atom. The van der Waals surface area contributed by atoms with Crippen molar-refractivity contribution in [1.29, 1.82) is 0 Å². The van der Waals surface area contributed by atoms with Crippen molar-refractivity contribution < 1.29 is 0 Å². The van der Waals surface area contributed by atoms with Crippen molar-refractivity contribution in [2.75, 3.05) is 19.6 Å². The maximum Gasteiger partial charge on any atom is 0.0486 e. The molecule has 2 saturated carbocycles. The smallest absolute Gasteiger partial charge is 0.0486 e. The highest BCUT2D eigenvalue weighted by molar-refractivity contribution is 5.86. The first-order valence-corrected chi connectivity index (χ1v) is 12.8. The average Bonchev–Trinajstić information content (AvgIpc) is 3.58. The van der Waals surface area contributed by atoms with Gasteiger partial charge in [0.15, 0.2) is 0 Å². The Balaban J connectivity index is 0.00000137. The van der Waals surface area contributed by atoms with Crippen molar-refractivity contribution in [3.05, 3.63) is 66.1 Å². The quantitative estimate of drug-likeness (QED) is 0.411. The van der Waals surface area contributed by atoms with Gasteiger partial charge in [-0.1, -0.05) is 24.6 Å². The van der Waals surface area contributed by atoms with Crippen LogP contribution in [0, 0.1) is 11.8 Å². The first-order valence-electron chi connectivity index (χ1n) is 12.8. The summed E-state index contributed by atoms with van der Waals surface area (Å²) < 4.78 is 2.67. The predicted octanol–water partition coefficient (Wildman–Crippen LogP) is 6.10. The van der Waals surface area contributed by atoms with Crippen LogP contribution in [0.1, 0.15) is 68.0 Å². The summed E-state index contributed by atoms with van der Waals surface area (Å²) in [6.07, 6.45) is 15.7.